The van der Waals surface area contributed by atoms with E-state index < -0.39 is 41.4 Å². The molecule has 0 fully saturated rings. The standard InChI is InChI=1S/C32H26N3STe2/c1-20(2)35-30(38-28-11-9-22-13-15-33-19-25(22)32(28)35)18-23(21-7-5-4-6-8-21)17-29-34(3)31-24-14-16-36-26(24)10-12-27(31)37-29/h4-20H,1-3H3/q+1. The SMILES string of the molecule is CC(C)N1/C(=C/C(=C/c2[te]c3ccc4sccc4c3[n+]2C)c2ccccc2)[Te]c2ccc3ccncc3c21. The molecule has 0 radical (unpaired) electrons. The summed E-state index contributed by atoms with van der Waals surface area (Å²) in [5.41, 5.74) is 5.39. The molecule has 0 unspecified atom stereocenters. The zero-order valence-electron chi connectivity index (χ0n) is 21.4. The molecule has 0 aliphatic carbocycles. The number of thiophene rings is 1. The summed E-state index contributed by atoms with van der Waals surface area (Å²) in [6, 6.07) is 25.0. The summed E-state index contributed by atoms with van der Waals surface area (Å²) >= 11 is 0.836. The van der Waals surface area contributed by atoms with E-state index in [0.717, 1.165) is 0 Å². The van der Waals surface area contributed by atoms with E-state index in [1.54, 1.807) is 3.40 Å². The van der Waals surface area contributed by atoms with E-state index in [1.165, 1.54) is 54.3 Å². The summed E-state index contributed by atoms with van der Waals surface area (Å²) in [4.78, 5) is 7.07. The third-order valence-corrected chi connectivity index (χ3v) is 14.3. The molecule has 0 saturated carbocycles. The fraction of sp³-hybridized carbons (Fsp3) is 0.125. The Hall–Kier alpha value is -2.44. The Morgan fingerprint density at radius 1 is 1.00 bits per heavy atom. The number of pyridine rings is 1. The van der Waals surface area contributed by atoms with Crippen molar-refractivity contribution in [2.45, 2.75) is 19.9 Å². The van der Waals surface area contributed by atoms with E-state index in [-0.39, 0.29) is 0 Å². The predicted octanol–water partition coefficient (Wildman–Crippen LogP) is 6.12. The minimum atomic E-state index is -0.530. The van der Waals surface area contributed by atoms with Crippen molar-refractivity contribution in [1.82, 2.24) is 4.98 Å². The molecular formula is C32H26N3STe2+. The fourth-order valence-electron chi connectivity index (χ4n) is 5.30. The molecule has 38 heavy (non-hydrogen) atoms. The zero-order chi connectivity index (χ0) is 25.8. The summed E-state index contributed by atoms with van der Waals surface area (Å²) in [6.07, 6.45) is 8.92. The van der Waals surface area contributed by atoms with Crippen LogP contribution in [0.1, 0.15) is 23.1 Å². The summed E-state index contributed by atoms with van der Waals surface area (Å²) in [5.74, 6) is 0. The number of aromatic nitrogens is 2. The van der Waals surface area contributed by atoms with Crippen molar-refractivity contribution in [3.05, 3.63) is 104 Å². The van der Waals surface area contributed by atoms with Crippen molar-refractivity contribution < 1.29 is 4.57 Å². The molecule has 0 spiro atoms. The van der Waals surface area contributed by atoms with Gasteiger partial charge >= 0.3 is 248 Å². The molecule has 3 aromatic heterocycles. The van der Waals surface area contributed by atoms with Gasteiger partial charge in [-0.15, -0.1) is 0 Å². The molecule has 186 valence electrons. The van der Waals surface area contributed by atoms with Gasteiger partial charge in [-0.25, -0.2) is 0 Å². The second kappa shape index (κ2) is 9.95. The van der Waals surface area contributed by atoms with Gasteiger partial charge in [0.1, 0.15) is 0 Å². The van der Waals surface area contributed by atoms with Crippen molar-refractivity contribution in [2.24, 2.45) is 7.05 Å². The topological polar surface area (TPSA) is 20.0 Å². The van der Waals surface area contributed by atoms with E-state index in [1.807, 2.05) is 23.7 Å². The number of anilines is 1. The summed E-state index contributed by atoms with van der Waals surface area (Å²) in [7, 11) is 2.26. The van der Waals surface area contributed by atoms with Gasteiger partial charge in [0.2, 0.25) is 0 Å². The molecule has 6 aromatic rings. The number of fused-ring (bicyclic) bond motifs is 6. The van der Waals surface area contributed by atoms with Crippen LogP contribution in [0.5, 0.6) is 0 Å². The van der Waals surface area contributed by atoms with Crippen LogP contribution in [0.2, 0.25) is 0 Å². The van der Waals surface area contributed by atoms with Crippen LogP contribution >= 0.6 is 11.3 Å². The Balaban J connectivity index is 1.42. The Morgan fingerprint density at radius 3 is 2.71 bits per heavy atom. The molecular weight excluding hydrogens is 714 g/mol. The molecule has 1 aliphatic rings. The van der Waals surface area contributed by atoms with Gasteiger partial charge < -0.3 is 0 Å². The number of allylic oxidation sites excluding steroid dienone is 2. The van der Waals surface area contributed by atoms with E-state index in [4.69, 9.17) is 0 Å². The van der Waals surface area contributed by atoms with Crippen LogP contribution in [0, 0.1) is 0 Å². The third-order valence-electron chi connectivity index (χ3n) is 7.08. The molecule has 0 amide bonds. The van der Waals surface area contributed by atoms with Crippen LogP contribution < -0.4 is 13.1 Å². The molecule has 7 rings (SSSR count). The Morgan fingerprint density at radius 2 is 1.87 bits per heavy atom. The van der Waals surface area contributed by atoms with Gasteiger partial charge in [-0.3, -0.25) is 0 Å². The molecule has 0 atom stereocenters. The monoisotopic (exact) mass is 744 g/mol. The average Bonchev–Trinajstić information content (AvgIpc) is 3.64. The first kappa shape index (κ1) is 24.6. The summed E-state index contributed by atoms with van der Waals surface area (Å²) < 4.78 is 9.85. The van der Waals surface area contributed by atoms with Crippen molar-refractivity contribution >= 4 is 103 Å². The molecule has 4 heterocycles. The van der Waals surface area contributed by atoms with Gasteiger partial charge in [0.05, 0.1) is 0 Å². The minimum absolute atomic E-state index is 0.377. The quantitative estimate of drug-likeness (QED) is 0.161. The van der Waals surface area contributed by atoms with Crippen molar-refractivity contribution in [1.29, 1.82) is 0 Å². The number of hydrogen-bond donors (Lipinski definition) is 0. The molecule has 0 bridgehead atoms. The maximum atomic E-state index is 4.49. The zero-order valence-corrected chi connectivity index (χ0v) is 26.9. The first-order chi connectivity index (χ1) is 18.6. The number of nitrogens with zero attached hydrogens (tertiary/aromatic N) is 3. The Labute approximate surface area is 246 Å². The van der Waals surface area contributed by atoms with Gasteiger partial charge in [-0.2, -0.15) is 0 Å². The number of hydrogen-bond acceptors (Lipinski definition) is 3. The van der Waals surface area contributed by atoms with E-state index in [0.29, 0.717) is 6.04 Å². The molecule has 3 aromatic carbocycles. The second-order valence-electron chi connectivity index (χ2n) is 9.77. The van der Waals surface area contributed by atoms with E-state index >= 15 is 0 Å². The molecule has 1 aliphatic heterocycles. The van der Waals surface area contributed by atoms with Crippen LogP contribution in [0.25, 0.3) is 41.4 Å². The van der Waals surface area contributed by atoms with Gasteiger partial charge in [0.15, 0.2) is 0 Å². The normalized spacial score (nSPS) is 15.0. The first-order valence-electron chi connectivity index (χ1n) is 12.7. The van der Waals surface area contributed by atoms with Crippen LogP contribution in [0.15, 0.2) is 94.3 Å². The molecule has 6 heteroatoms. The van der Waals surface area contributed by atoms with Crippen LogP contribution in [-0.2, 0) is 7.05 Å². The summed E-state index contributed by atoms with van der Waals surface area (Å²) in [5, 5.41) is 6.15. The Bertz CT molecular complexity index is 1900. The van der Waals surface area contributed by atoms with Crippen LogP contribution in [-0.4, -0.2) is 52.4 Å². The average molecular weight is 740 g/mol. The van der Waals surface area contributed by atoms with E-state index in [9.17, 15) is 0 Å². The van der Waals surface area contributed by atoms with Crippen LogP contribution in [0.4, 0.5) is 5.69 Å². The first-order valence-corrected chi connectivity index (χ1v) is 18.2. The molecule has 0 N–H and O–H groups in total. The molecule has 3 nitrogen and oxygen atoms in total. The predicted molar refractivity (Wildman–Crippen MR) is 165 cm³/mol. The Kier molecular flexibility index (Phi) is 6.44. The van der Waals surface area contributed by atoms with Gasteiger partial charge in [0.25, 0.3) is 0 Å². The van der Waals surface area contributed by atoms with Gasteiger partial charge in [-0.1, -0.05) is 0 Å². The van der Waals surface area contributed by atoms with Crippen molar-refractivity contribution in [2.75, 3.05) is 4.90 Å². The molecule has 0 saturated heterocycles. The number of benzene rings is 3. The number of rotatable bonds is 4. The van der Waals surface area contributed by atoms with Gasteiger partial charge in [-0.05, 0) is 0 Å². The summed E-state index contributed by atoms with van der Waals surface area (Å²) in [6.45, 7) is 4.62. The third kappa shape index (κ3) is 4.15. The second-order valence-corrected chi connectivity index (χ2v) is 16.8. The van der Waals surface area contributed by atoms with Gasteiger partial charge in [0, 0.05) is 0 Å². The van der Waals surface area contributed by atoms with Crippen LogP contribution in [0.3, 0.4) is 0 Å². The maximum absolute atomic E-state index is 4.49. The van der Waals surface area contributed by atoms with E-state index in [2.05, 4.69) is 120 Å². The fourth-order valence-corrected chi connectivity index (χ4v) is 12.9. The number of aryl methyl sites for hydroxylation is 1. The van der Waals surface area contributed by atoms with Crippen molar-refractivity contribution in [3.8, 4) is 0 Å². The van der Waals surface area contributed by atoms with Crippen molar-refractivity contribution in [3.63, 3.8) is 0 Å².